The number of hydrogen-bond acceptors (Lipinski definition) is 6. The van der Waals surface area contributed by atoms with Gasteiger partial charge < -0.3 is 24.4 Å². The number of nitrogens with zero attached hydrogens (tertiary/aromatic N) is 2. The Morgan fingerprint density at radius 2 is 2.10 bits per heavy atom. The van der Waals surface area contributed by atoms with Gasteiger partial charge in [0.1, 0.15) is 11.9 Å². The highest BCUT2D eigenvalue weighted by atomic mass is 19.1. The maximum absolute atomic E-state index is 14.9. The molecule has 1 aromatic carbocycles. The number of ether oxygens (including phenoxy) is 3. The molecule has 1 spiro atoms. The zero-order valence-corrected chi connectivity index (χ0v) is 16.7. The lowest BCUT2D eigenvalue weighted by molar-refractivity contribution is -0.178. The topological polar surface area (TPSA) is 80.3 Å². The van der Waals surface area contributed by atoms with E-state index < -0.39 is 23.8 Å². The van der Waals surface area contributed by atoms with Gasteiger partial charge in [0.05, 0.1) is 37.2 Å². The van der Waals surface area contributed by atoms with Crippen LogP contribution in [-0.2, 0) is 19.0 Å². The Morgan fingerprint density at radius 1 is 1.34 bits per heavy atom. The lowest BCUT2D eigenvalue weighted by Gasteiger charge is -2.39. The molecular weight excluding hydrogens is 381 g/mol. The quantitative estimate of drug-likeness (QED) is 0.823. The van der Waals surface area contributed by atoms with Crippen molar-refractivity contribution in [1.82, 2.24) is 5.32 Å². The average molecular weight is 407 g/mol. The largest absolute Gasteiger partial charge is 0.442 e. The number of piperidine rings is 1. The number of amides is 2. The minimum absolute atomic E-state index is 0.0901. The fourth-order valence-corrected chi connectivity index (χ4v) is 4.07. The molecule has 1 N–H and O–H groups in total. The van der Waals surface area contributed by atoms with Crippen LogP contribution in [0.4, 0.5) is 20.6 Å². The van der Waals surface area contributed by atoms with Crippen molar-refractivity contribution in [3.05, 3.63) is 24.0 Å². The van der Waals surface area contributed by atoms with E-state index in [1.165, 1.54) is 17.9 Å². The number of carbonyl (C=O) groups excluding carboxylic acids is 2. The summed E-state index contributed by atoms with van der Waals surface area (Å²) in [4.78, 5) is 26.5. The summed E-state index contributed by atoms with van der Waals surface area (Å²) in [6, 6.07) is 4.76. The predicted octanol–water partition coefficient (Wildman–Crippen LogP) is 2.02. The lowest BCUT2D eigenvalue weighted by atomic mass is 10.0. The predicted molar refractivity (Wildman–Crippen MR) is 103 cm³/mol. The van der Waals surface area contributed by atoms with Crippen LogP contribution in [0.25, 0.3) is 0 Å². The minimum atomic E-state index is -0.544. The number of anilines is 2. The van der Waals surface area contributed by atoms with Crippen LogP contribution < -0.4 is 15.1 Å². The normalized spacial score (nSPS) is 26.1. The van der Waals surface area contributed by atoms with Crippen LogP contribution in [0, 0.1) is 5.82 Å². The molecule has 2 amide bonds. The smallest absolute Gasteiger partial charge is 0.414 e. The number of benzene rings is 1. The first-order valence-electron chi connectivity index (χ1n) is 9.94. The van der Waals surface area contributed by atoms with Gasteiger partial charge in [0.25, 0.3) is 0 Å². The maximum atomic E-state index is 14.9. The SMILES string of the molecule is CC(=O)NC[C@H]1CN(c2ccc(N3CCC4(CC3)OCC(C)O4)c(F)c2)C(=O)O1. The monoisotopic (exact) mass is 407 g/mol. The molecule has 0 aliphatic carbocycles. The Labute approximate surface area is 168 Å². The molecule has 1 unspecified atom stereocenters. The van der Waals surface area contributed by atoms with E-state index in [0.717, 1.165) is 0 Å². The summed E-state index contributed by atoms with van der Waals surface area (Å²) in [6.45, 7) is 5.74. The van der Waals surface area contributed by atoms with Crippen LogP contribution in [0.5, 0.6) is 0 Å². The summed E-state index contributed by atoms with van der Waals surface area (Å²) in [5, 5.41) is 2.62. The highest BCUT2D eigenvalue weighted by Gasteiger charge is 2.43. The number of carbonyl (C=O) groups is 2. The average Bonchev–Trinajstić information content (AvgIpc) is 3.23. The Hall–Kier alpha value is -2.39. The van der Waals surface area contributed by atoms with E-state index in [9.17, 15) is 14.0 Å². The number of cyclic esters (lactones) is 1. The van der Waals surface area contributed by atoms with Gasteiger partial charge in [0.2, 0.25) is 5.91 Å². The Bertz CT molecular complexity index is 796. The highest BCUT2D eigenvalue weighted by molar-refractivity contribution is 5.90. The number of halogens is 1. The van der Waals surface area contributed by atoms with Gasteiger partial charge in [-0.1, -0.05) is 0 Å². The standard InChI is InChI=1S/C20H26FN3O5/c1-13-12-27-20(29-13)5-7-23(8-6-20)18-4-3-15(9-17(18)21)24-11-16(28-19(24)26)10-22-14(2)25/h3-4,9,13,16H,5-8,10-12H2,1-2H3,(H,22,25)/t13?,16-/m0/s1. The van der Waals surface area contributed by atoms with Crippen molar-refractivity contribution >= 4 is 23.4 Å². The second-order valence-corrected chi connectivity index (χ2v) is 7.83. The second-order valence-electron chi connectivity index (χ2n) is 7.83. The number of rotatable bonds is 4. The molecule has 2 atom stereocenters. The van der Waals surface area contributed by atoms with Gasteiger partial charge in [-0.15, -0.1) is 0 Å². The summed E-state index contributed by atoms with van der Waals surface area (Å²) in [6.07, 6.45) is 0.453. The summed E-state index contributed by atoms with van der Waals surface area (Å²) < 4.78 is 31.8. The van der Waals surface area contributed by atoms with Gasteiger partial charge in [-0.3, -0.25) is 9.69 Å². The van der Waals surface area contributed by atoms with E-state index in [1.807, 2.05) is 11.8 Å². The highest BCUT2D eigenvalue weighted by Crippen LogP contribution is 2.36. The second kappa shape index (κ2) is 7.79. The molecule has 3 heterocycles. The lowest BCUT2D eigenvalue weighted by Crippen LogP contribution is -2.45. The first-order valence-corrected chi connectivity index (χ1v) is 9.94. The number of nitrogens with one attached hydrogen (secondary N) is 1. The maximum Gasteiger partial charge on any atom is 0.414 e. The van der Waals surface area contributed by atoms with Crippen LogP contribution in [0.15, 0.2) is 18.2 Å². The van der Waals surface area contributed by atoms with E-state index in [1.54, 1.807) is 12.1 Å². The van der Waals surface area contributed by atoms with Crippen molar-refractivity contribution in [1.29, 1.82) is 0 Å². The van der Waals surface area contributed by atoms with Crippen LogP contribution >= 0.6 is 0 Å². The molecule has 8 nitrogen and oxygen atoms in total. The van der Waals surface area contributed by atoms with E-state index >= 15 is 0 Å². The third kappa shape index (κ3) is 4.16. The van der Waals surface area contributed by atoms with Crippen LogP contribution in [0.3, 0.4) is 0 Å². The van der Waals surface area contributed by atoms with Crippen molar-refractivity contribution in [3.8, 4) is 0 Å². The van der Waals surface area contributed by atoms with Crippen molar-refractivity contribution in [3.63, 3.8) is 0 Å². The first kappa shape index (κ1) is 19.9. The van der Waals surface area contributed by atoms with Gasteiger partial charge >= 0.3 is 6.09 Å². The molecule has 0 aromatic heterocycles. The Kier molecular flexibility index (Phi) is 5.35. The molecular formula is C20H26FN3O5. The molecule has 3 saturated heterocycles. The zero-order chi connectivity index (χ0) is 20.6. The van der Waals surface area contributed by atoms with E-state index in [0.29, 0.717) is 43.9 Å². The van der Waals surface area contributed by atoms with Crippen molar-refractivity contribution in [2.24, 2.45) is 0 Å². The van der Waals surface area contributed by atoms with Crippen molar-refractivity contribution < 1.29 is 28.2 Å². The first-order chi connectivity index (χ1) is 13.8. The molecule has 9 heteroatoms. The van der Waals surface area contributed by atoms with Crippen LogP contribution in [-0.4, -0.2) is 62.8 Å². The summed E-state index contributed by atoms with van der Waals surface area (Å²) >= 11 is 0. The molecule has 158 valence electrons. The summed E-state index contributed by atoms with van der Waals surface area (Å²) in [5.74, 6) is -1.12. The van der Waals surface area contributed by atoms with Gasteiger partial charge in [-0.25, -0.2) is 9.18 Å². The molecule has 3 aliphatic rings. The molecule has 4 rings (SSSR count). The van der Waals surface area contributed by atoms with Crippen LogP contribution in [0.1, 0.15) is 26.7 Å². The number of hydrogen-bond donors (Lipinski definition) is 1. The fourth-order valence-electron chi connectivity index (χ4n) is 4.07. The molecule has 0 saturated carbocycles. The third-order valence-corrected chi connectivity index (χ3v) is 5.56. The van der Waals surface area contributed by atoms with Gasteiger partial charge in [-0.05, 0) is 25.1 Å². The Balaban J connectivity index is 1.40. The van der Waals surface area contributed by atoms with Gasteiger partial charge in [-0.2, -0.15) is 0 Å². The zero-order valence-electron chi connectivity index (χ0n) is 16.7. The third-order valence-electron chi connectivity index (χ3n) is 5.56. The molecule has 0 radical (unpaired) electrons. The molecule has 3 aliphatic heterocycles. The van der Waals surface area contributed by atoms with Crippen molar-refractivity contribution in [2.45, 2.75) is 44.7 Å². The van der Waals surface area contributed by atoms with E-state index in [-0.39, 0.29) is 25.1 Å². The summed E-state index contributed by atoms with van der Waals surface area (Å²) in [5.41, 5.74) is 0.934. The summed E-state index contributed by atoms with van der Waals surface area (Å²) in [7, 11) is 0. The van der Waals surface area contributed by atoms with E-state index in [4.69, 9.17) is 14.2 Å². The Morgan fingerprint density at radius 3 is 2.72 bits per heavy atom. The molecule has 29 heavy (non-hydrogen) atoms. The van der Waals surface area contributed by atoms with Gasteiger partial charge in [0.15, 0.2) is 5.79 Å². The fraction of sp³-hybridized carbons (Fsp3) is 0.600. The van der Waals surface area contributed by atoms with E-state index in [2.05, 4.69) is 5.32 Å². The molecule has 1 aromatic rings. The van der Waals surface area contributed by atoms with Crippen LogP contribution in [0.2, 0.25) is 0 Å². The minimum Gasteiger partial charge on any atom is -0.442 e. The van der Waals surface area contributed by atoms with Gasteiger partial charge in [0, 0.05) is 32.9 Å². The molecule has 0 bridgehead atoms. The van der Waals surface area contributed by atoms with Crippen molar-refractivity contribution in [2.75, 3.05) is 42.6 Å². The molecule has 3 fully saturated rings.